The van der Waals surface area contributed by atoms with E-state index in [1.807, 2.05) is 31.2 Å². The summed E-state index contributed by atoms with van der Waals surface area (Å²) >= 11 is 0. The molecule has 2 aliphatic heterocycles. The van der Waals surface area contributed by atoms with Crippen molar-refractivity contribution in [1.82, 2.24) is 4.90 Å². The van der Waals surface area contributed by atoms with Crippen LogP contribution in [0.4, 0.5) is 10.1 Å². The maximum absolute atomic E-state index is 13.5. The van der Waals surface area contributed by atoms with Gasteiger partial charge >= 0.3 is 0 Å². The Morgan fingerprint density at radius 3 is 2.43 bits per heavy atom. The third-order valence-electron chi connectivity index (χ3n) is 5.89. The molecule has 2 amide bonds. The second kappa shape index (κ2) is 6.93. The average Bonchev–Trinajstić information content (AvgIpc) is 3.09. The lowest BCUT2D eigenvalue weighted by Crippen LogP contribution is -2.61. The fraction of sp³-hybridized carbons (Fsp3) is 0.364. The molecular formula is C22H23FN2O3. The van der Waals surface area contributed by atoms with Crippen molar-refractivity contribution in [2.24, 2.45) is 0 Å². The summed E-state index contributed by atoms with van der Waals surface area (Å²) in [6, 6.07) is 11.2. The van der Waals surface area contributed by atoms with E-state index in [1.165, 1.54) is 6.07 Å². The van der Waals surface area contributed by atoms with Gasteiger partial charge < -0.3 is 14.9 Å². The standard InChI is InChI=1S/C22H23FN2O3/c1-15-4-7-17(8-5-15)24-12-2-10-22(21(24)28)11-3-13-25(22)20(27)18-9-6-16(23)14-19(18)26/h4-9,14,26H,2-3,10-13H2,1H3. The molecule has 1 N–H and O–H groups in total. The van der Waals surface area contributed by atoms with Crippen molar-refractivity contribution in [2.45, 2.75) is 38.1 Å². The van der Waals surface area contributed by atoms with Gasteiger partial charge in [-0.2, -0.15) is 0 Å². The van der Waals surface area contributed by atoms with Crippen molar-refractivity contribution in [3.63, 3.8) is 0 Å². The van der Waals surface area contributed by atoms with E-state index in [2.05, 4.69) is 0 Å². The molecule has 0 radical (unpaired) electrons. The summed E-state index contributed by atoms with van der Waals surface area (Å²) in [5.41, 5.74) is 1.08. The lowest BCUT2D eigenvalue weighted by molar-refractivity contribution is -0.130. The summed E-state index contributed by atoms with van der Waals surface area (Å²) in [7, 11) is 0. The molecule has 0 bridgehead atoms. The van der Waals surface area contributed by atoms with Crippen LogP contribution in [0.25, 0.3) is 0 Å². The van der Waals surface area contributed by atoms with Crippen LogP contribution in [0.15, 0.2) is 42.5 Å². The van der Waals surface area contributed by atoms with Crippen LogP contribution in [0.2, 0.25) is 0 Å². The number of benzene rings is 2. The maximum atomic E-state index is 13.5. The minimum absolute atomic E-state index is 0.0305. The number of aromatic hydroxyl groups is 1. The number of phenols is 1. The quantitative estimate of drug-likeness (QED) is 0.863. The van der Waals surface area contributed by atoms with E-state index in [-0.39, 0.29) is 11.5 Å². The number of anilines is 1. The highest BCUT2D eigenvalue weighted by Gasteiger charge is 2.53. The Hall–Kier alpha value is -2.89. The summed E-state index contributed by atoms with van der Waals surface area (Å²) < 4.78 is 13.3. The molecule has 2 saturated heterocycles. The third kappa shape index (κ3) is 2.93. The van der Waals surface area contributed by atoms with Crippen molar-refractivity contribution < 1.29 is 19.1 Å². The van der Waals surface area contributed by atoms with Crippen LogP contribution in [-0.4, -0.2) is 40.4 Å². The topological polar surface area (TPSA) is 60.9 Å². The van der Waals surface area contributed by atoms with Crippen LogP contribution in [0, 0.1) is 12.7 Å². The molecular weight excluding hydrogens is 359 g/mol. The summed E-state index contributed by atoms with van der Waals surface area (Å²) in [6.45, 7) is 3.06. The molecule has 2 aromatic rings. The number of piperidine rings is 1. The lowest BCUT2D eigenvalue weighted by atomic mass is 9.84. The first kappa shape index (κ1) is 18.5. The minimum Gasteiger partial charge on any atom is -0.507 e. The third-order valence-corrected chi connectivity index (χ3v) is 5.89. The monoisotopic (exact) mass is 382 g/mol. The Bertz CT molecular complexity index is 928. The van der Waals surface area contributed by atoms with Gasteiger partial charge in [-0.25, -0.2) is 4.39 Å². The molecule has 2 heterocycles. The van der Waals surface area contributed by atoms with E-state index in [1.54, 1.807) is 9.80 Å². The summed E-state index contributed by atoms with van der Waals surface area (Å²) in [4.78, 5) is 30.0. The Morgan fingerprint density at radius 2 is 1.75 bits per heavy atom. The number of carbonyl (C=O) groups is 2. The number of rotatable bonds is 2. The molecule has 2 aliphatic rings. The van der Waals surface area contributed by atoms with Gasteiger partial charge in [-0.3, -0.25) is 9.59 Å². The summed E-state index contributed by atoms with van der Waals surface area (Å²) in [5.74, 6) is -1.50. The van der Waals surface area contributed by atoms with Gasteiger partial charge in [-0.05, 0) is 56.9 Å². The molecule has 1 unspecified atom stereocenters. The highest BCUT2D eigenvalue weighted by atomic mass is 19.1. The van der Waals surface area contributed by atoms with Crippen molar-refractivity contribution in [1.29, 1.82) is 0 Å². The van der Waals surface area contributed by atoms with E-state index in [0.717, 1.165) is 36.2 Å². The van der Waals surface area contributed by atoms with E-state index in [9.17, 15) is 19.1 Å². The lowest BCUT2D eigenvalue weighted by Gasteiger charge is -2.44. The molecule has 6 heteroatoms. The van der Waals surface area contributed by atoms with Gasteiger partial charge in [0, 0.05) is 24.8 Å². The van der Waals surface area contributed by atoms with Gasteiger partial charge in [0.2, 0.25) is 0 Å². The van der Waals surface area contributed by atoms with E-state index < -0.39 is 23.0 Å². The zero-order valence-electron chi connectivity index (χ0n) is 15.8. The molecule has 146 valence electrons. The van der Waals surface area contributed by atoms with Crippen LogP contribution in [0.5, 0.6) is 5.75 Å². The van der Waals surface area contributed by atoms with Gasteiger partial charge in [-0.1, -0.05) is 17.7 Å². The second-order valence-electron chi connectivity index (χ2n) is 7.65. The van der Waals surface area contributed by atoms with Crippen molar-refractivity contribution in [3.05, 3.63) is 59.4 Å². The number of amides is 2. The zero-order valence-corrected chi connectivity index (χ0v) is 15.8. The Balaban J connectivity index is 1.67. The number of hydrogen-bond acceptors (Lipinski definition) is 3. The number of likely N-dealkylation sites (tertiary alicyclic amines) is 1. The molecule has 4 rings (SSSR count). The Kier molecular flexibility index (Phi) is 4.57. The molecule has 1 atom stereocenters. The van der Waals surface area contributed by atoms with E-state index in [4.69, 9.17) is 0 Å². The van der Waals surface area contributed by atoms with Crippen molar-refractivity contribution in [2.75, 3.05) is 18.0 Å². The van der Waals surface area contributed by atoms with Gasteiger partial charge in [0.25, 0.3) is 11.8 Å². The number of nitrogens with zero attached hydrogens (tertiary/aromatic N) is 2. The second-order valence-corrected chi connectivity index (χ2v) is 7.65. The molecule has 0 aliphatic carbocycles. The average molecular weight is 382 g/mol. The predicted molar refractivity (Wildman–Crippen MR) is 104 cm³/mol. The van der Waals surface area contributed by atoms with E-state index in [0.29, 0.717) is 25.9 Å². The van der Waals surface area contributed by atoms with Crippen LogP contribution in [0.3, 0.4) is 0 Å². The van der Waals surface area contributed by atoms with Crippen molar-refractivity contribution in [3.8, 4) is 5.75 Å². The SMILES string of the molecule is Cc1ccc(N2CCCC3(CCCN3C(=O)c3ccc(F)cc3O)C2=O)cc1. The van der Waals surface area contributed by atoms with Gasteiger partial charge in [-0.15, -0.1) is 0 Å². The van der Waals surface area contributed by atoms with Crippen LogP contribution in [-0.2, 0) is 4.79 Å². The highest BCUT2D eigenvalue weighted by Crippen LogP contribution is 2.41. The maximum Gasteiger partial charge on any atom is 0.258 e. The van der Waals surface area contributed by atoms with Crippen LogP contribution >= 0.6 is 0 Å². The number of aryl methyl sites for hydroxylation is 1. The van der Waals surface area contributed by atoms with E-state index >= 15 is 0 Å². The summed E-state index contributed by atoms with van der Waals surface area (Å²) in [6.07, 6.45) is 2.71. The number of hydrogen-bond donors (Lipinski definition) is 1. The summed E-state index contributed by atoms with van der Waals surface area (Å²) in [5, 5.41) is 10.0. The molecule has 0 saturated carbocycles. The first-order chi connectivity index (χ1) is 13.4. The molecule has 2 aromatic carbocycles. The Morgan fingerprint density at radius 1 is 1.07 bits per heavy atom. The number of halogens is 1. The van der Waals surface area contributed by atoms with Crippen molar-refractivity contribution >= 4 is 17.5 Å². The van der Waals surface area contributed by atoms with Crippen LogP contribution in [0.1, 0.15) is 41.6 Å². The number of phenolic OH excluding ortho intramolecular Hbond substituents is 1. The highest BCUT2D eigenvalue weighted by molar-refractivity contribution is 6.06. The largest absolute Gasteiger partial charge is 0.507 e. The first-order valence-electron chi connectivity index (χ1n) is 9.61. The van der Waals surface area contributed by atoms with Crippen LogP contribution < -0.4 is 4.90 Å². The van der Waals surface area contributed by atoms with Gasteiger partial charge in [0.1, 0.15) is 17.1 Å². The van der Waals surface area contributed by atoms with Gasteiger partial charge in [0.15, 0.2) is 0 Å². The minimum atomic E-state index is -0.902. The molecule has 5 nitrogen and oxygen atoms in total. The van der Waals surface area contributed by atoms with Gasteiger partial charge in [0.05, 0.1) is 5.56 Å². The normalized spacial score (nSPS) is 22.1. The molecule has 28 heavy (non-hydrogen) atoms. The fourth-order valence-corrected chi connectivity index (χ4v) is 4.45. The smallest absolute Gasteiger partial charge is 0.258 e. The number of carbonyl (C=O) groups excluding carboxylic acids is 2. The molecule has 2 fully saturated rings. The predicted octanol–water partition coefficient (Wildman–Crippen LogP) is 3.64. The Labute approximate surface area is 163 Å². The first-order valence-corrected chi connectivity index (χ1v) is 9.61. The zero-order chi connectivity index (χ0) is 19.9. The molecule has 1 spiro atoms. The molecule has 0 aromatic heterocycles. The fourth-order valence-electron chi connectivity index (χ4n) is 4.45.